The van der Waals surface area contributed by atoms with Crippen molar-refractivity contribution >= 4 is 5.96 Å². The Morgan fingerprint density at radius 3 is 3.13 bits per heavy atom. The number of nitrogens with zero attached hydrogens (tertiary/aromatic N) is 3. The summed E-state index contributed by atoms with van der Waals surface area (Å²) in [4.78, 5) is 7.97. The second kappa shape index (κ2) is 6.64. The number of imidazole rings is 1. The van der Waals surface area contributed by atoms with Crippen molar-refractivity contribution < 1.29 is 13.5 Å². The van der Waals surface area contributed by atoms with Gasteiger partial charge in [0, 0.05) is 24.4 Å². The van der Waals surface area contributed by atoms with E-state index in [2.05, 4.69) is 15.3 Å². The number of guanidine groups is 1. The van der Waals surface area contributed by atoms with E-state index in [4.69, 9.17) is 10.5 Å². The van der Waals surface area contributed by atoms with Gasteiger partial charge in [-0.05, 0) is 6.07 Å². The molecule has 1 atom stereocenters. The van der Waals surface area contributed by atoms with Crippen LogP contribution in [0.3, 0.4) is 0 Å². The van der Waals surface area contributed by atoms with E-state index in [-0.39, 0.29) is 24.4 Å². The molecule has 0 saturated heterocycles. The number of hydrogen-bond acceptors (Lipinski definition) is 3. The van der Waals surface area contributed by atoms with E-state index >= 15 is 0 Å². The van der Waals surface area contributed by atoms with Gasteiger partial charge in [0.25, 0.3) is 0 Å². The summed E-state index contributed by atoms with van der Waals surface area (Å²) in [5, 5.41) is 3.11. The molecular weight excluding hydrogens is 304 g/mol. The zero-order chi connectivity index (χ0) is 16.2. The predicted molar refractivity (Wildman–Crippen MR) is 81.2 cm³/mol. The van der Waals surface area contributed by atoms with Crippen LogP contribution < -0.4 is 15.8 Å². The van der Waals surface area contributed by atoms with Crippen molar-refractivity contribution in [2.24, 2.45) is 10.7 Å². The second-order valence-electron chi connectivity index (χ2n) is 5.10. The molecule has 3 rings (SSSR count). The van der Waals surface area contributed by atoms with Crippen LogP contribution in [-0.2, 0) is 6.54 Å². The largest absolute Gasteiger partial charge is 0.493 e. The quantitative estimate of drug-likeness (QED) is 0.668. The molecule has 0 radical (unpaired) electrons. The number of alkyl halides is 2. The highest BCUT2D eigenvalue weighted by Gasteiger charge is 2.21. The molecule has 0 amide bonds. The first kappa shape index (κ1) is 15.3. The molecule has 0 bridgehead atoms. The number of benzene rings is 1. The zero-order valence-corrected chi connectivity index (χ0v) is 12.3. The van der Waals surface area contributed by atoms with Crippen LogP contribution >= 0.6 is 0 Å². The molecule has 1 aliphatic rings. The number of fused-ring (bicyclic) bond motifs is 1. The molecule has 0 saturated carbocycles. The Hall–Kier alpha value is -2.64. The third-order valence-corrected chi connectivity index (χ3v) is 3.63. The summed E-state index contributed by atoms with van der Waals surface area (Å²) in [6.45, 7) is -2.07. The SMILES string of the molecule is NC(=NCc1nccn1C(F)F)NC1CCOc2ccccc21. The maximum Gasteiger partial charge on any atom is 0.319 e. The number of rotatable bonds is 4. The van der Waals surface area contributed by atoms with Gasteiger partial charge in [-0.15, -0.1) is 0 Å². The minimum atomic E-state index is -2.64. The summed E-state index contributed by atoms with van der Waals surface area (Å²) in [5.74, 6) is 1.17. The number of aromatic nitrogens is 2. The van der Waals surface area contributed by atoms with Gasteiger partial charge in [0.05, 0.1) is 12.6 Å². The van der Waals surface area contributed by atoms with E-state index in [1.807, 2.05) is 24.3 Å². The van der Waals surface area contributed by atoms with Crippen molar-refractivity contribution in [2.75, 3.05) is 6.61 Å². The number of hydrogen-bond donors (Lipinski definition) is 2. The topological polar surface area (TPSA) is 77.5 Å². The number of nitrogens with one attached hydrogen (secondary N) is 1. The van der Waals surface area contributed by atoms with Crippen LogP contribution in [0.25, 0.3) is 0 Å². The number of aliphatic imine (C=N–C) groups is 1. The van der Waals surface area contributed by atoms with E-state index in [1.165, 1.54) is 12.4 Å². The minimum Gasteiger partial charge on any atom is -0.493 e. The molecule has 2 heterocycles. The Morgan fingerprint density at radius 1 is 1.48 bits per heavy atom. The van der Waals surface area contributed by atoms with Gasteiger partial charge in [0.15, 0.2) is 5.96 Å². The van der Waals surface area contributed by atoms with Gasteiger partial charge in [0.2, 0.25) is 0 Å². The van der Waals surface area contributed by atoms with Crippen LogP contribution in [0.1, 0.15) is 30.4 Å². The molecule has 0 aliphatic carbocycles. The van der Waals surface area contributed by atoms with Crippen LogP contribution in [0.15, 0.2) is 41.7 Å². The molecule has 1 unspecified atom stereocenters. The van der Waals surface area contributed by atoms with Crippen molar-refractivity contribution in [2.45, 2.75) is 25.6 Å². The van der Waals surface area contributed by atoms with Gasteiger partial charge < -0.3 is 15.8 Å². The van der Waals surface area contributed by atoms with Gasteiger partial charge >= 0.3 is 6.55 Å². The summed E-state index contributed by atoms with van der Waals surface area (Å²) in [6.07, 6.45) is 3.28. The van der Waals surface area contributed by atoms with E-state index in [0.717, 1.165) is 22.3 Å². The van der Waals surface area contributed by atoms with Crippen molar-refractivity contribution in [3.63, 3.8) is 0 Å². The summed E-state index contributed by atoms with van der Waals surface area (Å²) in [6, 6.07) is 7.68. The van der Waals surface area contributed by atoms with E-state index < -0.39 is 6.55 Å². The van der Waals surface area contributed by atoms with Crippen LogP contribution in [0.2, 0.25) is 0 Å². The lowest BCUT2D eigenvalue weighted by atomic mass is 10.0. The van der Waals surface area contributed by atoms with Crippen molar-refractivity contribution in [1.29, 1.82) is 0 Å². The highest BCUT2D eigenvalue weighted by Crippen LogP contribution is 2.31. The fraction of sp³-hybridized carbons (Fsp3) is 0.333. The van der Waals surface area contributed by atoms with E-state index in [0.29, 0.717) is 6.61 Å². The van der Waals surface area contributed by atoms with Gasteiger partial charge in [-0.2, -0.15) is 8.78 Å². The number of ether oxygens (including phenoxy) is 1. The third-order valence-electron chi connectivity index (χ3n) is 3.63. The molecule has 0 spiro atoms. The molecule has 8 heteroatoms. The Bertz CT molecular complexity index is 701. The monoisotopic (exact) mass is 321 g/mol. The first-order chi connectivity index (χ1) is 11.1. The van der Waals surface area contributed by atoms with Crippen LogP contribution in [0.5, 0.6) is 5.75 Å². The second-order valence-corrected chi connectivity index (χ2v) is 5.10. The molecule has 122 valence electrons. The summed E-state index contributed by atoms with van der Waals surface area (Å²) in [7, 11) is 0. The lowest BCUT2D eigenvalue weighted by Gasteiger charge is -2.26. The lowest BCUT2D eigenvalue weighted by molar-refractivity contribution is 0.0671. The highest BCUT2D eigenvalue weighted by atomic mass is 19.3. The maximum atomic E-state index is 12.7. The molecule has 0 fully saturated rings. The normalized spacial score (nSPS) is 17.7. The molecule has 1 aromatic heterocycles. The molecule has 3 N–H and O–H groups in total. The van der Waals surface area contributed by atoms with Gasteiger partial charge in [-0.25, -0.2) is 9.98 Å². The molecular formula is C15H17F2N5O. The molecule has 6 nitrogen and oxygen atoms in total. The van der Waals surface area contributed by atoms with Gasteiger partial charge in [0.1, 0.15) is 18.1 Å². The van der Waals surface area contributed by atoms with Crippen LogP contribution in [0.4, 0.5) is 8.78 Å². The van der Waals surface area contributed by atoms with Gasteiger partial charge in [-0.3, -0.25) is 4.57 Å². The van der Waals surface area contributed by atoms with Crippen molar-refractivity contribution in [3.8, 4) is 5.75 Å². The average molecular weight is 321 g/mol. The van der Waals surface area contributed by atoms with Crippen molar-refractivity contribution in [1.82, 2.24) is 14.9 Å². The molecule has 1 aromatic carbocycles. The number of nitrogens with two attached hydrogens (primary N) is 1. The summed E-state index contributed by atoms with van der Waals surface area (Å²) >= 11 is 0. The third kappa shape index (κ3) is 3.41. The maximum absolute atomic E-state index is 12.7. The first-order valence-electron chi connectivity index (χ1n) is 7.23. The minimum absolute atomic E-state index is 0.0129. The summed E-state index contributed by atoms with van der Waals surface area (Å²) < 4.78 is 31.8. The zero-order valence-electron chi connectivity index (χ0n) is 12.3. The number of para-hydroxylation sites is 1. The fourth-order valence-electron chi connectivity index (χ4n) is 2.52. The first-order valence-corrected chi connectivity index (χ1v) is 7.23. The highest BCUT2D eigenvalue weighted by molar-refractivity contribution is 5.78. The molecule has 1 aliphatic heterocycles. The smallest absolute Gasteiger partial charge is 0.319 e. The predicted octanol–water partition coefficient (Wildman–Crippen LogP) is 2.21. The van der Waals surface area contributed by atoms with E-state index in [9.17, 15) is 8.78 Å². The molecule has 2 aromatic rings. The number of halogens is 2. The summed E-state index contributed by atoms with van der Waals surface area (Å²) in [5.41, 5.74) is 6.88. The Morgan fingerprint density at radius 2 is 2.30 bits per heavy atom. The Labute approximate surface area is 132 Å². The van der Waals surface area contributed by atoms with Crippen LogP contribution in [-0.4, -0.2) is 22.1 Å². The van der Waals surface area contributed by atoms with Crippen molar-refractivity contribution in [3.05, 3.63) is 48.0 Å². The Balaban J connectivity index is 1.68. The van der Waals surface area contributed by atoms with Crippen LogP contribution in [0, 0.1) is 0 Å². The average Bonchev–Trinajstić information content (AvgIpc) is 3.02. The van der Waals surface area contributed by atoms with E-state index in [1.54, 1.807) is 0 Å². The molecule has 23 heavy (non-hydrogen) atoms. The van der Waals surface area contributed by atoms with Gasteiger partial charge in [-0.1, -0.05) is 18.2 Å². The lowest BCUT2D eigenvalue weighted by Crippen LogP contribution is -2.37. The fourth-order valence-corrected chi connectivity index (χ4v) is 2.52. The Kier molecular flexibility index (Phi) is 4.40. The standard InChI is InChI=1S/C15H17F2N5O/c16-14(17)22-7-6-19-13(22)9-20-15(18)21-11-5-8-23-12-4-2-1-3-10(11)12/h1-4,6-7,11,14H,5,8-9H2,(H3,18,20,21).